The molecule has 0 saturated heterocycles. The second kappa shape index (κ2) is 11.1. The lowest BCUT2D eigenvalue weighted by atomic mass is 10.2. The maximum Gasteiger partial charge on any atom is 0.264 e. The van der Waals surface area contributed by atoms with Crippen LogP contribution in [0.15, 0.2) is 109 Å². The summed E-state index contributed by atoms with van der Waals surface area (Å²) < 4.78 is 35.1. The number of thioether (sulfide) groups is 1. The van der Waals surface area contributed by atoms with Crippen molar-refractivity contribution in [2.24, 2.45) is 9.98 Å². The van der Waals surface area contributed by atoms with Crippen LogP contribution in [-0.4, -0.2) is 30.1 Å². The van der Waals surface area contributed by atoms with Crippen molar-refractivity contribution < 1.29 is 12.8 Å². The first-order valence-electron chi connectivity index (χ1n) is 12.0. The summed E-state index contributed by atoms with van der Waals surface area (Å²) in [6.45, 7) is 0.400. The van der Waals surface area contributed by atoms with Gasteiger partial charge in [-0.3, -0.25) is 14.7 Å². The van der Waals surface area contributed by atoms with Crippen LogP contribution in [0, 0.1) is 0 Å². The highest BCUT2D eigenvalue weighted by molar-refractivity contribution is 8.16. The first-order valence-corrected chi connectivity index (χ1v) is 15.1. The van der Waals surface area contributed by atoms with E-state index in [-0.39, 0.29) is 21.0 Å². The van der Waals surface area contributed by atoms with Crippen molar-refractivity contribution in [2.45, 2.75) is 16.2 Å². The molecule has 12 heteroatoms. The van der Waals surface area contributed by atoms with Crippen LogP contribution < -0.4 is 10.3 Å². The number of para-hydroxylation sites is 1. The van der Waals surface area contributed by atoms with Crippen LogP contribution in [0.5, 0.6) is 0 Å². The Balaban J connectivity index is 1.39. The summed E-state index contributed by atoms with van der Waals surface area (Å²) in [7, 11) is -3.92. The van der Waals surface area contributed by atoms with Gasteiger partial charge in [-0.05, 0) is 66.6 Å². The molecule has 1 aliphatic heterocycles. The molecule has 0 aliphatic carbocycles. The Labute approximate surface area is 243 Å². The van der Waals surface area contributed by atoms with Crippen LogP contribution in [0.1, 0.15) is 5.56 Å². The van der Waals surface area contributed by atoms with Gasteiger partial charge in [0.2, 0.25) is 11.4 Å². The minimum Gasteiger partial charge on any atom is -0.419 e. The molecule has 0 atom stereocenters. The van der Waals surface area contributed by atoms with Gasteiger partial charge in [-0.25, -0.2) is 18.4 Å². The Morgan fingerprint density at radius 1 is 1.00 bits per heavy atom. The number of benzene rings is 3. The van der Waals surface area contributed by atoms with Crippen molar-refractivity contribution in [2.75, 3.05) is 6.54 Å². The molecule has 8 nitrogen and oxygen atoms in total. The average molecular weight is 609 g/mol. The van der Waals surface area contributed by atoms with E-state index in [4.69, 9.17) is 27.6 Å². The van der Waals surface area contributed by atoms with E-state index in [1.165, 1.54) is 17.8 Å². The van der Waals surface area contributed by atoms with E-state index < -0.39 is 10.0 Å². The minimum atomic E-state index is -3.92. The number of amidine groups is 1. The van der Waals surface area contributed by atoms with Gasteiger partial charge in [0.1, 0.15) is 4.90 Å². The number of sulfonamides is 1. The van der Waals surface area contributed by atoms with Crippen molar-refractivity contribution in [3.63, 3.8) is 0 Å². The Morgan fingerprint density at radius 2 is 1.82 bits per heavy atom. The molecule has 200 valence electrons. The number of hydrogen-bond acceptors (Lipinski definition) is 8. The molecular weight excluding hydrogens is 589 g/mol. The molecule has 6 rings (SSSR count). The molecule has 0 bridgehead atoms. The average Bonchev–Trinajstić information content (AvgIpc) is 2.94. The number of rotatable bonds is 5. The van der Waals surface area contributed by atoms with Gasteiger partial charge < -0.3 is 4.42 Å². The SMILES string of the molecule is O=S1(=O)NC(=NCCc2cccnc2)Sc2cc(Cl)c(-c3nc4ccccc4c(=Nc4ccc(Cl)cc4)o3)cc21. The molecule has 0 fully saturated rings. The molecule has 1 N–H and O–H groups in total. The van der Waals surface area contributed by atoms with E-state index >= 15 is 0 Å². The Morgan fingerprint density at radius 3 is 2.62 bits per heavy atom. The Kier molecular flexibility index (Phi) is 7.33. The van der Waals surface area contributed by atoms with Crippen LogP contribution in [0.25, 0.3) is 22.4 Å². The number of hydrogen-bond donors (Lipinski definition) is 1. The third-order valence-electron chi connectivity index (χ3n) is 5.97. The molecule has 0 unspecified atom stereocenters. The smallest absolute Gasteiger partial charge is 0.264 e. The highest BCUT2D eigenvalue weighted by atomic mass is 35.5. The van der Waals surface area contributed by atoms with Crippen molar-refractivity contribution in [3.8, 4) is 11.5 Å². The van der Waals surface area contributed by atoms with Gasteiger partial charge in [0.15, 0.2) is 5.17 Å². The zero-order valence-corrected chi connectivity index (χ0v) is 23.7. The second-order valence-electron chi connectivity index (χ2n) is 8.71. The van der Waals surface area contributed by atoms with E-state index in [1.807, 2.05) is 36.4 Å². The molecule has 0 amide bonds. The van der Waals surface area contributed by atoms with Crippen LogP contribution in [-0.2, 0) is 16.4 Å². The normalized spacial score (nSPS) is 15.7. The quantitative estimate of drug-likeness (QED) is 0.247. The molecule has 0 radical (unpaired) electrons. The number of halogens is 2. The summed E-state index contributed by atoms with van der Waals surface area (Å²) in [6.07, 6.45) is 4.09. The van der Waals surface area contributed by atoms with Crippen LogP contribution >= 0.6 is 35.0 Å². The molecule has 0 spiro atoms. The predicted octanol–water partition coefficient (Wildman–Crippen LogP) is 6.41. The van der Waals surface area contributed by atoms with Crippen molar-refractivity contribution in [1.82, 2.24) is 14.7 Å². The topological polar surface area (TPSA) is 110 Å². The minimum absolute atomic E-state index is 0.0597. The molecule has 2 aromatic heterocycles. The van der Waals surface area contributed by atoms with E-state index in [0.717, 1.165) is 5.56 Å². The predicted molar refractivity (Wildman–Crippen MR) is 158 cm³/mol. The number of aliphatic imine (C=N–C) groups is 1. The lowest BCUT2D eigenvalue weighted by molar-refractivity contribution is 0.505. The van der Waals surface area contributed by atoms with Crippen LogP contribution in [0.4, 0.5) is 5.69 Å². The van der Waals surface area contributed by atoms with E-state index in [1.54, 1.807) is 42.7 Å². The summed E-state index contributed by atoms with van der Waals surface area (Å²) in [5.74, 6) is 0.135. The molecule has 3 heterocycles. The van der Waals surface area contributed by atoms with E-state index in [0.29, 0.717) is 50.6 Å². The van der Waals surface area contributed by atoms with E-state index in [9.17, 15) is 8.42 Å². The second-order valence-corrected chi connectivity index (χ2v) is 12.2. The maximum absolute atomic E-state index is 13.2. The van der Waals surface area contributed by atoms with Crippen molar-refractivity contribution in [1.29, 1.82) is 0 Å². The first-order chi connectivity index (χ1) is 19.4. The lowest BCUT2D eigenvalue weighted by Crippen LogP contribution is -2.32. The number of fused-ring (bicyclic) bond motifs is 2. The lowest BCUT2D eigenvalue weighted by Gasteiger charge is -2.20. The van der Waals surface area contributed by atoms with Gasteiger partial charge in [0.05, 0.1) is 27.2 Å². The highest BCUT2D eigenvalue weighted by Gasteiger charge is 2.30. The van der Waals surface area contributed by atoms with Gasteiger partial charge in [-0.1, -0.05) is 53.2 Å². The maximum atomic E-state index is 13.2. The number of pyridine rings is 1. The summed E-state index contributed by atoms with van der Waals surface area (Å²) in [5, 5.41) is 1.83. The summed E-state index contributed by atoms with van der Waals surface area (Å²) >= 11 is 13.9. The third-order valence-corrected chi connectivity index (χ3v) is 9.15. The fraction of sp³-hybridized carbons (Fsp3) is 0.0714. The zero-order valence-electron chi connectivity index (χ0n) is 20.6. The standard InChI is InChI=1S/C28H19Cl2N5O3S2/c29-18-7-9-19(10-8-18)33-26-20-5-1-2-6-23(20)34-27(38-26)21-14-25-24(15-22(21)30)39-28(35-40(25,36)37)32-13-11-17-4-3-12-31-16-17/h1-10,12,14-16H,11,13H2,(H,32,35). The molecule has 1 aliphatic rings. The van der Waals surface area contributed by atoms with Crippen LogP contribution in [0.2, 0.25) is 10.0 Å². The summed E-state index contributed by atoms with van der Waals surface area (Å²) in [5.41, 5.74) is 2.88. The molecule has 5 aromatic rings. The molecule has 0 saturated carbocycles. The van der Waals surface area contributed by atoms with Gasteiger partial charge in [0, 0.05) is 28.9 Å². The Bertz CT molecular complexity index is 1950. The largest absolute Gasteiger partial charge is 0.419 e. The molecular formula is C28H19Cl2N5O3S2. The molecule has 3 aromatic carbocycles. The van der Waals surface area contributed by atoms with Gasteiger partial charge in [-0.15, -0.1) is 0 Å². The highest BCUT2D eigenvalue weighted by Crippen LogP contribution is 2.39. The number of aromatic nitrogens is 2. The monoisotopic (exact) mass is 607 g/mol. The van der Waals surface area contributed by atoms with Crippen LogP contribution in [0.3, 0.4) is 0 Å². The fourth-order valence-corrected chi connectivity index (χ4v) is 7.13. The third kappa shape index (κ3) is 5.62. The van der Waals surface area contributed by atoms with Crippen molar-refractivity contribution >= 4 is 66.7 Å². The van der Waals surface area contributed by atoms with Gasteiger partial charge in [-0.2, -0.15) is 0 Å². The van der Waals surface area contributed by atoms with E-state index in [2.05, 4.69) is 24.7 Å². The van der Waals surface area contributed by atoms with Crippen molar-refractivity contribution in [3.05, 3.63) is 106 Å². The van der Waals surface area contributed by atoms with Gasteiger partial charge in [0.25, 0.3) is 10.0 Å². The fourth-order valence-electron chi connectivity index (χ4n) is 4.04. The number of nitrogens with one attached hydrogen (secondary N) is 1. The number of nitrogens with zero attached hydrogens (tertiary/aromatic N) is 4. The summed E-state index contributed by atoms with van der Waals surface area (Å²) in [6, 6.07) is 21.2. The summed E-state index contributed by atoms with van der Waals surface area (Å²) in [4.78, 5) is 18.3. The first kappa shape index (κ1) is 26.5. The zero-order chi connectivity index (χ0) is 27.7. The van der Waals surface area contributed by atoms with Gasteiger partial charge >= 0.3 is 0 Å². The molecule has 40 heavy (non-hydrogen) atoms. The Hall–Kier alpha value is -3.70.